The summed E-state index contributed by atoms with van der Waals surface area (Å²) in [7, 11) is 0. The van der Waals surface area contributed by atoms with Crippen LogP contribution in [-0.4, -0.2) is 11.0 Å². The van der Waals surface area contributed by atoms with Crippen molar-refractivity contribution in [3.8, 4) is 0 Å². The zero-order valence-corrected chi connectivity index (χ0v) is 14.1. The van der Waals surface area contributed by atoms with E-state index in [4.69, 9.17) is 4.98 Å². The van der Waals surface area contributed by atoms with Gasteiger partial charge in [-0.1, -0.05) is 41.1 Å². The Bertz CT molecular complexity index is 590. The maximum atomic E-state index is 4.82. The zero-order valence-electron chi connectivity index (χ0n) is 11.7. The molecule has 1 aliphatic carbocycles. The number of nitrogens with zero attached hydrogens (tertiary/aromatic N) is 1. The van der Waals surface area contributed by atoms with Gasteiger partial charge in [0, 0.05) is 28.4 Å². The van der Waals surface area contributed by atoms with E-state index in [9.17, 15) is 0 Å². The topological polar surface area (TPSA) is 24.9 Å². The number of hydrogen-bond donors (Lipinski definition) is 1. The molecule has 1 aliphatic rings. The minimum absolute atomic E-state index is 0.758. The Kier molecular flexibility index (Phi) is 4.54. The number of thiazole rings is 1. The lowest BCUT2D eigenvalue weighted by molar-refractivity contribution is 0.689. The Hall–Kier alpha value is -0.710. The molecule has 1 saturated carbocycles. The van der Waals surface area contributed by atoms with Gasteiger partial charge < -0.3 is 5.32 Å². The predicted octanol–water partition coefficient (Wildman–Crippen LogP) is 4.31. The van der Waals surface area contributed by atoms with Gasteiger partial charge in [-0.25, -0.2) is 4.98 Å². The molecule has 1 aromatic heterocycles. The highest BCUT2D eigenvalue weighted by molar-refractivity contribution is 9.10. The molecule has 1 N–H and O–H groups in total. The Morgan fingerprint density at radius 1 is 1.35 bits per heavy atom. The van der Waals surface area contributed by atoms with Crippen LogP contribution in [0.4, 0.5) is 0 Å². The van der Waals surface area contributed by atoms with Crippen molar-refractivity contribution in [1.29, 1.82) is 0 Å². The van der Waals surface area contributed by atoms with E-state index in [0.717, 1.165) is 25.4 Å². The monoisotopic (exact) mass is 350 g/mol. The van der Waals surface area contributed by atoms with E-state index < -0.39 is 0 Å². The summed E-state index contributed by atoms with van der Waals surface area (Å²) in [6.45, 7) is 3.18. The average molecular weight is 351 g/mol. The Morgan fingerprint density at radius 2 is 2.15 bits per heavy atom. The highest BCUT2D eigenvalue weighted by atomic mass is 79.9. The highest BCUT2D eigenvalue weighted by Gasteiger charge is 2.21. The van der Waals surface area contributed by atoms with Crippen LogP contribution >= 0.6 is 27.3 Å². The highest BCUT2D eigenvalue weighted by Crippen LogP contribution is 2.26. The van der Waals surface area contributed by atoms with Crippen molar-refractivity contribution in [2.24, 2.45) is 0 Å². The van der Waals surface area contributed by atoms with Gasteiger partial charge in [0.05, 0.1) is 10.7 Å². The molecule has 2 nitrogen and oxygen atoms in total. The van der Waals surface area contributed by atoms with Gasteiger partial charge in [-0.15, -0.1) is 11.3 Å². The van der Waals surface area contributed by atoms with E-state index in [0.29, 0.717) is 0 Å². The van der Waals surface area contributed by atoms with Gasteiger partial charge >= 0.3 is 0 Å². The molecular weight excluding hydrogens is 332 g/mol. The van der Waals surface area contributed by atoms with Crippen molar-refractivity contribution in [3.63, 3.8) is 0 Å². The second kappa shape index (κ2) is 6.37. The molecule has 0 aliphatic heterocycles. The molecule has 1 heterocycles. The summed E-state index contributed by atoms with van der Waals surface area (Å²) in [5.41, 5.74) is 2.58. The largest absolute Gasteiger partial charge is 0.309 e. The van der Waals surface area contributed by atoms with Crippen LogP contribution in [-0.2, 0) is 19.4 Å². The number of aryl methyl sites for hydroxylation is 1. The van der Waals surface area contributed by atoms with Crippen LogP contribution in [0.1, 0.15) is 40.9 Å². The van der Waals surface area contributed by atoms with Crippen molar-refractivity contribution >= 4 is 27.3 Å². The molecule has 2 aromatic rings. The van der Waals surface area contributed by atoms with Gasteiger partial charge in [0.1, 0.15) is 0 Å². The SMILES string of the molecule is CCc1nc(Cc2ccccc2Br)sc1CNC1CC1. The predicted molar refractivity (Wildman–Crippen MR) is 88.3 cm³/mol. The van der Waals surface area contributed by atoms with Crippen LogP contribution in [0.15, 0.2) is 28.7 Å². The van der Waals surface area contributed by atoms with E-state index in [2.05, 4.69) is 52.4 Å². The lowest BCUT2D eigenvalue weighted by Crippen LogP contribution is -2.15. The van der Waals surface area contributed by atoms with Crippen molar-refractivity contribution in [3.05, 3.63) is 49.9 Å². The zero-order chi connectivity index (χ0) is 13.9. The third-order valence-corrected chi connectivity index (χ3v) is 5.46. The summed E-state index contributed by atoms with van der Waals surface area (Å²) in [4.78, 5) is 6.24. The molecule has 1 fully saturated rings. The second-order valence-corrected chi connectivity index (χ2v) is 7.28. The van der Waals surface area contributed by atoms with Crippen LogP contribution < -0.4 is 5.32 Å². The number of nitrogens with one attached hydrogen (secondary N) is 1. The molecule has 0 atom stereocenters. The molecule has 0 spiro atoms. The molecule has 4 heteroatoms. The summed E-state index contributed by atoms with van der Waals surface area (Å²) in [5, 5.41) is 4.82. The van der Waals surface area contributed by atoms with E-state index in [1.165, 1.54) is 38.5 Å². The summed E-state index contributed by atoms with van der Waals surface area (Å²) < 4.78 is 1.17. The molecular formula is C16H19BrN2S. The molecule has 1 aromatic carbocycles. The first-order chi connectivity index (χ1) is 9.76. The number of halogens is 1. The maximum Gasteiger partial charge on any atom is 0.0975 e. The van der Waals surface area contributed by atoms with E-state index >= 15 is 0 Å². The first-order valence-corrected chi connectivity index (χ1v) is 8.81. The van der Waals surface area contributed by atoms with Gasteiger partial charge in [0.25, 0.3) is 0 Å². The van der Waals surface area contributed by atoms with Crippen molar-refractivity contribution in [1.82, 2.24) is 10.3 Å². The quantitative estimate of drug-likeness (QED) is 0.839. The molecule has 0 saturated heterocycles. The molecule has 106 valence electrons. The van der Waals surface area contributed by atoms with Gasteiger partial charge in [-0.3, -0.25) is 0 Å². The first kappa shape index (κ1) is 14.2. The number of benzene rings is 1. The van der Waals surface area contributed by atoms with E-state index in [1.807, 2.05) is 11.3 Å². The number of aromatic nitrogens is 1. The third-order valence-electron chi connectivity index (χ3n) is 3.59. The summed E-state index contributed by atoms with van der Waals surface area (Å²) in [6.07, 6.45) is 4.62. The molecule has 0 unspecified atom stereocenters. The minimum Gasteiger partial charge on any atom is -0.309 e. The van der Waals surface area contributed by atoms with Crippen LogP contribution in [0.3, 0.4) is 0 Å². The van der Waals surface area contributed by atoms with Crippen LogP contribution in [0.25, 0.3) is 0 Å². The lowest BCUT2D eigenvalue weighted by atomic mass is 10.2. The van der Waals surface area contributed by atoms with E-state index in [-0.39, 0.29) is 0 Å². The molecule has 3 rings (SSSR count). The fourth-order valence-corrected chi connectivity index (χ4v) is 3.81. The van der Waals surface area contributed by atoms with Crippen LogP contribution in [0.2, 0.25) is 0 Å². The summed E-state index contributed by atoms with van der Waals surface area (Å²) >= 11 is 5.48. The Labute approximate surface area is 132 Å². The Morgan fingerprint density at radius 3 is 2.85 bits per heavy atom. The molecule has 0 radical (unpaired) electrons. The molecule has 0 amide bonds. The normalized spacial score (nSPS) is 14.7. The van der Waals surface area contributed by atoms with Crippen molar-refractivity contribution in [2.75, 3.05) is 0 Å². The number of rotatable bonds is 6. The van der Waals surface area contributed by atoms with E-state index in [1.54, 1.807) is 0 Å². The minimum atomic E-state index is 0.758. The van der Waals surface area contributed by atoms with Gasteiger partial charge in [0.15, 0.2) is 0 Å². The summed E-state index contributed by atoms with van der Waals surface area (Å²) in [5.74, 6) is 0. The fraction of sp³-hybridized carbons (Fsp3) is 0.438. The standard InChI is InChI=1S/C16H19BrN2S/c1-2-14-15(10-18-12-7-8-12)20-16(19-14)9-11-5-3-4-6-13(11)17/h3-6,12,18H,2,7-10H2,1H3. The molecule has 0 bridgehead atoms. The van der Waals surface area contributed by atoms with Gasteiger partial charge in [0.2, 0.25) is 0 Å². The van der Waals surface area contributed by atoms with Crippen LogP contribution in [0, 0.1) is 0 Å². The van der Waals surface area contributed by atoms with Crippen molar-refractivity contribution < 1.29 is 0 Å². The first-order valence-electron chi connectivity index (χ1n) is 7.20. The third kappa shape index (κ3) is 3.48. The van der Waals surface area contributed by atoms with Gasteiger partial charge in [-0.2, -0.15) is 0 Å². The maximum absolute atomic E-state index is 4.82. The fourth-order valence-electron chi connectivity index (χ4n) is 2.26. The Balaban J connectivity index is 1.74. The van der Waals surface area contributed by atoms with Crippen molar-refractivity contribution in [2.45, 2.75) is 45.2 Å². The average Bonchev–Trinajstić information content (AvgIpc) is 3.20. The second-order valence-electron chi connectivity index (χ2n) is 5.25. The molecule has 20 heavy (non-hydrogen) atoms. The summed E-state index contributed by atoms with van der Waals surface area (Å²) in [6, 6.07) is 9.16. The number of hydrogen-bond acceptors (Lipinski definition) is 3. The lowest BCUT2D eigenvalue weighted by Gasteiger charge is -2.01. The van der Waals surface area contributed by atoms with Crippen LogP contribution in [0.5, 0.6) is 0 Å². The van der Waals surface area contributed by atoms with Gasteiger partial charge in [-0.05, 0) is 30.9 Å². The smallest absolute Gasteiger partial charge is 0.0975 e.